The molecular formula is C12H9FN4O. The number of nitrogens with one attached hydrogen (secondary N) is 1. The summed E-state index contributed by atoms with van der Waals surface area (Å²) >= 11 is 0. The molecule has 0 aliphatic rings. The Kier molecular flexibility index (Phi) is 2.40. The smallest absolute Gasteiger partial charge is 0.250 e. The van der Waals surface area contributed by atoms with Gasteiger partial charge in [-0.2, -0.15) is 9.37 Å². The normalized spacial score (nSPS) is 10.8. The molecule has 0 unspecified atom stereocenters. The van der Waals surface area contributed by atoms with Crippen molar-refractivity contribution >= 4 is 17.0 Å². The summed E-state index contributed by atoms with van der Waals surface area (Å²) in [5.41, 5.74) is 1.42. The number of nitrogens with zero attached hydrogens (tertiary/aromatic N) is 3. The molecule has 3 aromatic rings. The topological polar surface area (TPSA) is 63.8 Å². The van der Waals surface area contributed by atoms with Gasteiger partial charge in [-0.05, 0) is 24.3 Å². The monoisotopic (exact) mass is 244 g/mol. The van der Waals surface area contributed by atoms with Gasteiger partial charge >= 0.3 is 0 Å². The zero-order valence-electron chi connectivity index (χ0n) is 9.51. The first kappa shape index (κ1) is 10.6. The lowest BCUT2D eigenvalue weighted by molar-refractivity contribution is 0.559. The molecule has 0 radical (unpaired) electrons. The molecule has 18 heavy (non-hydrogen) atoms. The van der Waals surface area contributed by atoms with Crippen LogP contribution in [-0.2, 0) is 0 Å². The molecular weight excluding hydrogens is 235 g/mol. The van der Waals surface area contributed by atoms with Gasteiger partial charge < -0.3 is 9.73 Å². The van der Waals surface area contributed by atoms with Gasteiger partial charge in [-0.1, -0.05) is 0 Å². The summed E-state index contributed by atoms with van der Waals surface area (Å²) in [6.45, 7) is 0. The molecule has 0 spiro atoms. The van der Waals surface area contributed by atoms with Crippen molar-refractivity contribution < 1.29 is 8.81 Å². The van der Waals surface area contributed by atoms with E-state index < -0.39 is 5.95 Å². The quantitative estimate of drug-likeness (QED) is 0.701. The Morgan fingerprint density at radius 3 is 2.78 bits per heavy atom. The number of pyridine rings is 2. The molecule has 0 saturated heterocycles. The van der Waals surface area contributed by atoms with Gasteiger partial charge in [0.2, 0.25) is 17.6 Å². The number of hydrogen-bond donors (Lipinski definition) is 1. The van der Waals surface area contributed by atoms with Crippen molar-refractivity contribution in [3.8, 4) is 11.5 Å². The maximum Gasteiger partial charge on any atom is 0.250 e. The number of aromatic nitrogens is 3. The molecule has 0 saturated carbocycles. The maximum atomic E-state index is 12.9. The lowest BCUT2D eigenvalue weighted by Crippen LogP contribution is -1.91. The van der Waals surface area contributed by atoms with E-state index in [9.17, 15) is 4.39 Å². The summed E-state index contributed by atoms with van der Waals surface area (Å²) in [4.78, 5) is 12.0. The molecule has 3 rings (SSSR count). The molecule has 1 N–H and O–H groups in total. The van der Waals surface area contributed by atoms with E-state index in [0.717, 1.165) is 5.82 Å². The Bertz CT molecular complexity index is 693. The summed E-state index contributed by atoms with van der Waals surface area (Å²) in [7, 11) is 1.79. The minimum absolute atomic E-state index is 0.183. The number of halogens is 1. The molecule has 3 heterocycles. The van der Waals surface area contributed by atoms with E-state index in [-0.39, 0.29) is 5.71 Å². The second kappa shape index (κ2) is 4.06. The number of oxazole rings is 1. The molecule has 0 atom stereocenters. The fraction of sp³-hybridized carbons (Fsp3) is 0.0833. The third-order valence-electron chi connectivity index (χ3n) is 2.49. The molecule has 0 aromatic carbocycles. The van der Waals surface area contributed by atoms with E-state index in [4.69, 9.17) is 4.42 Å². The second-order valence-corrected chi connectivity index (χ2v) is 3.66. The van der Waals surface area contributed by atoms with Crippen molar-refractivity contribution in [3.05, 3.63) is 36.4 Å². The lowest BCUT2D eigenvalue weighted by atomic mass is 10.3. The van der Waals surface area contributed by atoms with Crippen LogP contribution in [0.25, 0.3) is 22.7 Å². The predicted octanol–water partition coefficient (Wildman–Crippen LogP) is 2.47. The minimum atomic E-state index is -0.589. The van der Waals surface area contributed by atoms with Crippen LogP contribution in [0.4, 0.5) is 10.2 Å². The predicted molar refractivity (Wildman–Crippen MR) is 64.5 cm³/mol. The number of rotatable bonds is 2. The van der Waals surface area contributed by atoms with Gasteiger partial charge in [-0.3, -0.25) is 0 Å². The van der Waals surface area contributed by atoms with E-state index in [1.165, 1.54) is 12.1 Å². The van der Waals surface area contributed by atoms with Gasteiger partial charge in [0.25, 0.3) is 0 Å². The first-order chi connectivity index (χ1) is 8.76. The third kappa shape index (κ3) is 1.77. The largest absolute Gasteiger partial charge is 0.418 e. The molecule has 0 aliphatic carbocycles. The van der Waals surface area contributed by atoms with Crippen LogP contribution in [0.5, 0.6) is 0 Å². The minimum Gasteiger partial charge on any atom is -0.418 e. The fourth-order valence-corrected chi connectivity index (χ4v) is 1.59. The Hall–Kier alpha value is -2.50. The van der Waals surface area contributed by atoms with Crippen LogP contribution in [0.2, 0.25) is 0 Å². The molecule has 0 aliphatic heterocycles. The summed E-state index contributed by atoms with van der Waals surface area (Å²) in [6, 6.07) is 6.40. The first-order valence-electron chi connectivity index (χ1n) is 5.33. The molecule has 0 bridgehead atoms. The number of fused-ring (bicyclic) bond motifs is 1. The summed E-state index contributed by atoms with van der Waals surface area (Å²) in [5, 5.41) is 2.92. The Labute approximate surface area is 102 Å². The zero-order valence-corrected chi connectivity index (χ0v) is 9.51. The van der Waals surface area contributed by atoms with Crippen LogP contribution < -0.4 is 5.32 Å². The van der Waals surface area contributed by atoms with E-state index >= 15 is 0 Å². The standard InChI is InChI=1S/C12H9FN4O/c1-14-10-5-2-7(6-15-10)11-16-8-3-4-9(13)17-12(8)18-11/h2-6H,1H3,(H,14,15). The summed E-state index contributed by atoms with van der Waals surface area (Å²) < 4.78 is 18.3. The van der Waals surface area contributed by atoms with Crippen molar-refractivity contribution in [2.45, 2.75) is 0 Å². The van der Waals surface area contributed by atoms with Crippen molar-refractivity contribution in [1.29, 1.82) is 0 Å². The Balaban J connectivity index is 2.07. The van der Waals surface area contributed by atoms with Gasteiger partial charge in [0.15, 0.2) is 0 Å². The molecule has 0 fully saturated rings. The fourth-order valence-electron chi connectivity index (χ4n) is 1.59. The van der Waals surface area contributed by atoms with Crippen LogP contribution in [0.1, 0.15) is 0 Å². The van der Waals surface area contributed by atoms with Crippen LogP contribution in [0, 0.1) is 5.95 Å². The van der Waals surface area contributed by atoms with Gasteiger partial charge in [-0.15, -0.1) is 0 Å². The van der Waals surface area contributed by atoms with Crippen LogP contribution in [0.3, 0.4) is 0 Å². The zero-order chi connectivity index (χ0) is 12.5. The van der Waals surface area contributed by atoms with E-state index in [1.54, 1.807) is 19.3 Å². The Morgan fingerprint density at radius 2 is 2.06 bits per heavy atom. The van der Waals surface area contributed by atoms with Crippen molar-refractivity contribution in [3.63, 3.8) is 0 Å². The lowest BCUT2D eigenvalue weighted by Gasteiger charge is -1.98. The van der Waals surface area contributed by atoms with Gasteiger partial charge in [-0.25, -0.2) is 9.97 Å². The summed E-state index contributed by atoms with van der Waals surface area (Å²) in [6.07, 6.45) is 1.63. The van der Waals surface area contributed by atoms with E-state index in [1.807, 2.05) is 6.07 Å². The van der Waals surface area contributed by atoms with Gasteiger partial charge in [0.05, 0.1) is 5.56 Å². The van der Waals surface area contributed by atoms with Crippen molar-refractivity contribution in [2.24, 2.45) is 0 Å². The first-order valence-corrected chi connectivity index (χ1v) is 5.33. The average Bonchev–Trinajstić information content (AvgIpc) is 2.81. The number of hydrogen-bond acceptors (Lipinski definition) is 5. The summed E-state index contributed by atoms with van der Waals surface area (Å²) in [5.74, 6) is 0.533. The highest BCUT2D eigenvalue weighted by Gasteiger charge is 2.10. The van der Waals surface area contributed by atoms with Gasteiger partial charge in [0, 0.05) is 13.2 Å². The highest BCUT2D eigenvalue weighted by atomic mass is 19.1. The number of anilines is 1. The average molecular weight is 244 g/mol. The van der Waals surface area contributed by atoms with Crippen LogP contribution in [-0.4, -0.2) is 22.0 Å². The van der Waals surface area contributed by atoms with Crippen molar-refractivity contribution in [1.82, 2.24) is 15.0 Å². The third-order valence-corrected chi connectivity index (χ3v) is 2.49. The van der Waals surface area contributed by atoms with E-state index in [0.29, 0.717) is 17.0 Å². The maximum absolute atomic E-state index is 12.9. The molecule has 3 aromatic heterocycles. The second-order valence-electron chi connectivity index (χ2n) is 3.66. The molecule has 6 heteroatoms. The SMILES string of the molecule is CNc1ccc(-c2nc3ccc(F)nc3o2)cn1. The molecule has 5 nitrogen and oxygen atoms in total. The molecule has 90 valence electrons. The van der Waals surface area contributed by atoms with E-state index in [2.05, 4.69) is 20.3 Å². The molecule has 0 amide bonds. The van der Waals surface area contributed by atoms with Crippen molar-refractivity contribution in [2.75, 3.05) is 12.4 Å². The van der Waals surface area contributed by atoms with Crippen LogP contribution >= 0.6 is 0 Å². The highest BCUT2D eigenvalue weighted by Crippen LogP contribution is 2.23. The highest BCUT2D eigenvalue weighted by molar-refractivity contribution is 5.72. The van der Waals surface area contributed by atoms with Gasteiger partial charge in [0.1, 0.15) is 11.3 Å². The van der Waals surface area contributed by atoms with Crippen LogP contribution in [0.15, 0.2) is 34.9 Å². The Morgan fingerprint density at radius 1 is 1.17 bits per heavy atom.